The second kappa shape index (κ2) is 14.8. The Morgan fingerprint density at radius 1 is 1.10 bits per heavy atom. The predicted octanol–water partition coefficient (Wildman–Crippen LogP) is 2.16. The van der Waals surface area contributed by atoms with Crippen LogP contribution in [0.1, 0.15) is 25.7 Å². The average Bonchev–Trinajstić information content (AvgIpc) is 3.36. The molecule has 7 N–H and O–H groups in total. The molecule has 1 unspecified atom stereocenters. The summed E-state index contributed by atoms with van der Waals surface area (Å²) in [6.45, 7) is 8.10. The zero-order valence-electron chi connectivity index (χ0n) is 22.6. The maximum atomic E-state index is 12.9. The van der Waals surface area contributed by atoms with Gasteiger partial charge in [-0.2, -0.15) is 0 Å². The summed E-state index contributed by atoms with van der Waals surface area (Å²) in [5.74, 6) is 0.0867. The number of nitrogens with two attached hydrogens (primary N) is 1. The quantitative estimate of drug-likeness (QED) is 0.209. The predicted molar refractivity (Wildman–Crippen MR) is 154 cm³/mol. The van der Waals surface area contributed by atoms with Gasteiger partial charge in [-0.05, 0) is 43.0 Å². The standard InChI is InChI=1S/C28H42N8O3/c29-19-22(20-30)27(31)25-6-4-21(28(25)34-36-12-16-39-17-13-36)5-7-26(37)33-24-3-1-2-23(18-24)32-8-9-35-10-14-38-15-11-35/h1-3,18-21,29,31-32,34H,4-17,30H2,(H,33,37)/b22-20+,29-19?,31-27?. The van der Waals surface area contributed by atoms with Crippen molar-refractivity contribution >= 4 is 29.2 Å². The highest BCUT2D eigenvalue weighted by Gasteiger charge is 2.30. The van der Waals surface area contributed by atoms with Crippen LogP contribution in [0.3, 0.4) is 0 Å². The molecule has 0 bridgehead atoms. The number of allylic oxidation sites excluding steroid dienone is 3. The number of hydrogen-bond acceptors (Lipinski definition) is 10. The molecule has 11 nitrogen and oxygen atoms in total. The number of amides is 1. The summed E-state index contributed by atoms with van der Waals surface area (Å²) in [4.78, 5) is 15.3. The van der Waals surface area contributed by atoms with Gasteiger partial charge < -0.3 is 36.7 Å². The van der Waals surface area contributed by atoms with Gasteiger partial charge in [0.05, 0.1) is 32.1 Å². The van der Waals surface area contributed by atoms with Crippen LogP contribution >= 0.6 is 0 Å². The van der Waals surface area contributed by atoms with E-state index in [4.69, 9.17) is 26.0 Å². The van der Waals surface area contributed by atoms with Crippen LogP contribution in [0, 0.1) is 16.7 Å². The van der Waals surface area contributed by atoms with E-state index >= 15 is 0 Å². The molecule has 0 aromatic heterocycles. The lowest BCUT2D eigenvalue weighted by atomic mass is 9.99. The van der Waals surface area contributed by atoms with Crippen LogP contribution in [0.15, 0.2) is 47.3 Å². The highest BCUT2D eigenvalue weighted by atomic mass is 16.5. The van der Waals surface area contributed by atoms with Crippen molar-refractivity contribution in [3.8, 4) is 0 Å². The molecule has 1 aromatic rings. The number of hydrogen-bond donors (Lipinski definition) is 6. The molecule has 0 saturated carbocycles. The van der Waals surface area contributed by atoms with Gasteiger partial charge in [0, 0.05) is 86.7 Å². The summed E-state index contributed by atoms with van der Waals surface area (Å²) < 4.78 is 10.9. The van der Waals surface area contributed by atoms with Crippen LogP contribution in [0.5, 0.6) is 0 Å². The van der Waals surface area contributed by atoms with Crippen LogP contribution in [0.4, 0.5) is 11.4 Å². The first-order chi connectivity index (χ1) is 19.1. The minimum Gasteiger partial charge on any atom is -0.404 e. The fraction of sp³-hybridized carbons (Fsp3) is 0.536. The average molecular weight is 539 g/mol. The van der Waals surface area contributed by atoms with Crippen molar-refractivity contribution in [2.45, 2.75) is 25.7 Å². The topological polar surface area (TPSA) is 152 Å². The Balaban J connectivity index is 1.32. The fourth-order valence-corrected chi connectivity index (χ4v) is 5.19. The smallest absolute Gasteiger partial charge is 0.224 e. The van der Waals surface area contributed by atoms with Gasteiger partial charge in [-0.1, -0.05) is 6.07 Å². The van der Waals surface area contributed by atoms with E-state index in [1.165, 1.54) is 6.20 Å². The minimum atomic E-state index is -0.0308. The number of hydrazine groups is 1. The van der Waals surface area contributed by atoms with E-state index in [1.54, 1.807) is 0 Å². The summed E-state index contributed by atoms with van der Waals surface area (Å²) in [6, 6.07) is 7.83. The lowest BCUT2D eigenvalue weighted by Gasteiger charge is -2.31. The molecule has 1 atom stereocenters. The van der Waals surface area contributed by atoms with E-state index in [9.17, 15) is 4.79 Å². The largest absolute Gasteiger partial charge is 0.404 e. The molecule has 4 rings (SSSR count). The van der Waals surface area contributed by atoms with E-state index in [0.717, 1.165) is 87.8 Å². The molecule has 2 fully saturated rings. The van der Waals surface area contributed by atoms with Gasteiger partial charge in [0.2, 0.25) is 5.91 Å². The normalized spacial score (nSPS) is 21.0. The Morgan fingerprint density at radius 2 is 1.82 bits per heavy atom. The molecule has 1 amide bonds. The monoisotopic (exact) mass is 538 g/mol. The molecule has 2 saturated heterocycles. The molecule has 2 heterocycles. The number of nitrogens with zero attached hydrogens (tertiary/aromatic N) is 2. The van der Waals surface area contributed by atoms with Crippen LogP contribution in [0.2, 0.25) is 0 Å². The zero-order chi connectivity index (χ0) is 27.5. The lowest BCUT2D eigenvalue weighted by Crippen LogP contribution is -2.46. The highest BCUT2D eigenvalue weighted by Crippen LogP contribution is 2.35. The molecular weight excluding hydrogens is 496 g/mol. The third-order valence-electron chi connectivity index (χ3n) is 7.42. The fourth-order valence-electron chi connectivity index (χ4n) is 5.19. The molecular formula is C28H42N8O3. The second-order valence-electron chi connectivity index (χ2n) is 10.0. The van der Waals surface area contributed by atoms with E-state index in [2.05, 4.69) is 26.0 Å². The number of ether oxygens (including phenoxy) is 2. The first kappa shape index (κ1) is 28.8. The van der Waals surface area contributed by atoms with Crippen LogP contribution in [0.25, 0.3) is 0 Å². The Hall–Kier alpha value is -3.25. The van der Waals surface area contributed by atoms with E-state index < -0.39 is 0 Å². The molecule has 39 heavy (non-hydrogen) atoms. The summed E-state index contributed by atoms with van der Waals surface area (Å²) in [5.41, 5.74) is 13.4. The second-order valence-corrected chi connectivity index (χ2v) is 10.0. The summed E-state index contributed by atoms with van der Waals surface area (Å²) >= 11 is 0. The minimum absolute atomic E-state index is 0.0308. The summed E-state index contributed by atoms with van der Waals surface area (Å²) in [5, 5.41) is 24.9. The van der Waals surface area contributed by atoms with E-state index in [0.29, 0.717) is 38.0 Å². The molecule has 2 aliphatic heterocycles. The maximum Gasteiger partial charge on any atom is 0.224 e. The van der Waals surface area contributed by atoms with Crippen molar-refractivity contribution in [2.24, 2.45) is 11.7 Å². The van der Waals surface area contributed by atoms with Crippen LogP contribution in [-0.4, -0.2) is 93.4 Å². The summed E-state index contributed by atoms with van der Waals surface area (Å²) in [7, 11) is 0. The number of benzene rings is 1. The van der Waals surface area contributed by atoms with Gasteiger partial charge >= 0.3 is 0 Å². The first-order valence-electron chi connectivity index (χ1n) is 13.9. The van der Waals surface area contributed by atoms with Crippen molar-refractivity contribution in [1.82, 2.24) is 15.3 Å². The van der Waals surface area contributed by atoms with Gasteiger partial charge in [-0.25, -0.2) is 5.01 Å². The molecule has 3 aliphatic rings. The van der Waals surface area contributed by atoms with Gasteiger partial charge in [0.25, 0.3) is 0 Å². The van der Waals surface area contributed by atoms with Gasteiger partial charge in [0.15, 0.2) is 0 Å². The Morgan fingerprint density at radius 3 is 2.54 bits per heavy atom. The third-order valence-corrected chi connectivity index (χ3v) is 7.42. The molecule has 0 spiro atoms. The number of rotatable bonds is 13. The number of carbonyl (C=O) groups excluding carboxylic acids is 1. The van der Waals surface area contributed by atoms with Gasteiger partial charge in [0.1, 0.15) is 0 Å². The molecule has 212 valence electrons. The van der Waals surface area contributed by atoms with Crippen molar-refractivity contribution < 1.29 is 14.3 Å². The van der Waals surface area contributed by atoms with Crippen LogP contribution < -0.4 is 21.8 Å². The highest BCUT2D eigenvalue weighted by molar-refractivity contribution is 6.22. The third kappa shape index (κ3) is 8.37. The van der Waals surface area contributed by atoms with E-state index in [1.807, 2.05) is 24.3 Å². The number of anilines is 2. The SMILES string of the molecule is N=C/C(=C\N)C(=N)C1=C(NN2CCOCC2)C(CCC(=O)Nc2cccc(NCCN3CCOCC3)c2)CC1. The molecule has 1 aliphatic carbocycles. The van der Waals surface area contributed by atoms with Crippen LogP contribution in [-0.2, 0) is 14.3 Å². The van der Waals surface area contributed by atoms with E-state index in [-0.39, 0.29) is 17.5 Å². The Labute approximate surface area is 230 Å². The Kier molecular flexibility index (Phi) is 10.9. The molecule has 1 aromatic carbocycles. The van der Waals surface area contributed by atoms with Crippen molar-refractivity contribution in [3.63, 3.8) is 0 Å². The molecule has 0 radical (unpaired) electrons. The maximum absolute atomic E-state index is 12.9. The Bertz CT molecular complexity index is 1060. The summed E-state index contributed by atoms with van der Waals surface area (Å²) in [6.07, 6.45) is 5.02. The van der Waals surface area contributed by atoms with Gasteiger partial charge in [-0.15, -0.1) is 0 Å². The van der Waals surface area contributed by atoms with Crippen molar-refractivity contribution in [3.05, 3.63) is 47.3 Å². The van der Waals surface area contributed by atoms with Crippen molar-refractivity contribution in [1.29, 1.82) is 10.8 Å². The first-order valence-corrected chi connectivity index (χ1v) is 13.9. The number of morpholine rings is 2. The van der Waals surface area contributed by atoms with Crippen molar-refractivity contribution in [2.75, 3.05) is 76.3 Å². The lowest BCUT2D eigenvalue weighted by molar-refractivity contribution is -0.116. The van der Waals surface area contributed by atoms with Gasteiger partial charge in [-0.3, -0.25) is 15.1 Å². The molecule has 11 heteroatoms. The number of carbonyl (C=O) groups is 1. The number of nitrogens with one attached hydrogen (secondary N) is 5. The zero-order valence-corrected chi connectivity index (χ0v) is 22.6.